The number of hydrogen-bond donors (Lipinski definition) is 1. The normalized spacial score (nSPS) is 14.3. The van der Waals surface area contributed by atoms with Crippen LogP contribution in [-0.4, -0.2) is 30.7 Å². The SMILES string of the molecule is C=C(C)C(=O)OCCOP(=O)(O)OCC. The van der Waals surface area contributed by atoms with Crippen LogP contribution in [0.15, 0.2) is 12.2 Å². The quantitative estimate of drug-likeness (QED) is 0.311. The number of carbonyl (C=O) groups excluding carboxylic acids is 1. The van der Waals surface area contributed by atoms with Gasteiger partial charge in [0.2, 0.25) is 0 Å². The van der Waals surface area contributed by atoms with Gasteiger partial charge < -0.3 is 9.63 Å². The van der Waals surface area contributed by atoms with E-state index in [0.717, 1.165) is 0 Å². The number of phosphoric ester groups is 1. The molecule has 0 amide bonds. The van der Waals surface area contributed by atoms with E-state index in [1.54, 1.807) is 6.92 Å². The standard InChI is InChI=1S/C8H15O6P/c1-4-13-15(10,11)14-6-5-12-8(9)7(2)3/h2,4-6H2,1,3H3,(H,10,11). The van der Waals surface area contributed by atoms with Gasteiger partial charge in [0.05, 0.1) is 13.2 Å². The summed E-state index contributed by atoms with van der Waals surface area (Å²) < 4.78 is 24.5. The number of ether oxygens (including phenoxy) is 1. The van der Waals surface area contributed by atoms with Gasteiger partial charge in [-0.15, -0.1) is 0 Å². The second-order valence-corrected chi connectivity index (χ2v) is 4.09. The molecule has 6 nitrogen and oxygen atoms in total. The van der Waals surface area contributed by atoms with E-state index in [1.165, 1.54) is 6.92 Å². The molecule has 0 bridgehead atoms. The Hall–Kier alpha value is -0.680. The van der Waals surface area contributed by atoms with Crippen LogP contribution in [0.3, 0.4) is 0 Å². The summed E-state index contributed by atoms with van der Waals surface area (Å²) in [5, 5.41) is 0. The second kappa shape index (κ2) is 6.74. The molecule has 7 heteroatoms. The molecular weight excluding hydrogens is 223 g/mol. The van der Waals surface area contributed by atoms with E-state index in [-0.39, 0.29) is 25.4 Å². The Morgan fingerprint density at radius 2 is 2.00 bits per heavy atom. The Kier molecular flexibility index (Phi) is 6.43. The molecule has 1 unspecified atom stereocenters. The average Bonchev–Trinajstić information content (AvgIpc) is 2.11. The third-order valence-corrected chi connectivity index (χ3v) is 2.30. The first-order valence-electron chi connectivity index (χ1n) is 4.33. The van der Waals surface area contributed by atoms with Crippen molar-refractivity contribution >= 4 is 13.8 Å². The molecule has 0 aromatic carbocycles. The number of carbonyl (C=O) groups is 1. The van der Waals surface area contributed by atoms with Crippen LogP contribution in [0, 0.1) is 0 Å². The van der Waals surface area contributed by atoms with Gasteiger partial charge in [-0.2, -0.15) is 0 Å². The molecule has 0 aliphatic heterocycles. The predicted molar refractivity (Wildman–Crippen MR) is 53.2 cm³/mol. The fourth-order valence-corrected chi connectivity index (χ4v) is 1.32. The summed E-state index contributed by atoms with van der Waals surface area (Å²) in [7, 11) is -3.99. The van der Waals surface area contributed by atoms with Crippen LogP contribution in [0.1, 0.15) is 13.8 Å². The van der Waals surface area contributed by atoms with E-state index < -0.39 is 13.8 Å². The Bertz CT molecular complexity index is 274. The first kappa shape index (κ1) is 14.3. The van der Waals surface area contributed by atoms with Gasteiger partial charge in [0, 0.05) is 5.57 Å². The number of phosphoric acid groups is 1. The molecule has 0 aromatic rings. The molecule has 0 fully saturated rings. The van der Waals surface area contributed by atoms with Gasteiger partial charge in [0.25, 0.3) is 0 Å². The molecule has 0 aromatic heterocycles. The van der Waals surface area contributed by atoms with Gasteiger partial charge in [-0.1, -0.05) is 6.58 Å². The highest BCUT2D eigenvalue weighted by Crippen LogP contribution is 2.42. The second-order valence-electron chi connectivity index (χ2n) is 2.64. The lowest BCUT2D eigenvalue weighted by atomic mass is 10.4. The minimum atomic E-state index is -3.99. The molecule has 1 N–H and O–H groups in total. The lowest BCUT2D eigenvalue weighted by molar-refractivity contribution is -0.139. The van der Waals surface area contributed by atoms with Crippen molar-refractivity contribution < 1.29 is 28.0 Å². The van der Waals surface area contributed by atoms with Crippen LogP contribution < -0.4 is 0 Å². The minimum Gasteiger partial charge on any atom is -0.460 e. The van der Waals surface area contributed by atoms with Crippen molar-refractivity contribution in [2.75, 3.05) is 19.8 Å². The summed E-state index contributed by atoms with van der Waals surface area (Å²) in [5.41, 5.74) is 0.256. The van der Waals surface area contributed by atoms with Crippen molar-refractivity contribution in [3.8, 4) is 0 Å². The summed E-state index contributed by atoms with van der Waals surface area (Å²) in [6, 6.07) is 0. The Morgan fingerprint density at radius 1 is 1.40 bits per heavy atom. The summed E-state index contributed by atoms with van der Waals surface area (Å²) in [5.74, 6) is -0.567. The summed E-state index contributed by atoms with van der Waals surface area (Å²) in [4.78, 5) is 19.8. The average molecular weight is 238 g/mol. The van der Waals surface area contributed by atoms with Crippen molar-refractivity contribution in [2.45, 2.75) is 13.8 Å². The maximum atomic E-state index is 10.9. The van der Waals surface area contributed by atoms with E-state index in [0.29, 0.717) is 0 Å². The van der Waals surface area contributed by atoms with E-state index in [1.807, 2.05) is 0 Å². The van der Waals surface area contributed by atoms with Crippen LogP contribution in [0.25, 0.3) is 0 Å². The van der Waals surface area contributed by atoms with E-state index in [9.17, 15) is 9.36 Å². The zero-order valence-corrected chi connectivity index (χ0v) is 9.66. The van der Waals surface area contributed by atoms with Crippen LogP contribution in [0.2, 0.25) is 0 Å². The van der Waals surface area contributed by atoms with Gasteiger partial charge in [0.15, 0.2) is 0 Å². The summed E-state index contributed by atoms with van der Waals surface area (Å²) >= 11 is 0. The van der Waals surface area contributed by atoms with Crippen molar-refractivity contribution in [2.24, 2.45) is 0 Å². The van der Waals surface area contributed by atoms with Gasteiger partial charge in [0.1, 0.15) is 6.61 Å². The van der Waals surface area contributed by atoms with Crippen molar-refractivity contribution in [3.63, 3.8) is 0 Å². The van der Waals surface area contributed by atoms with Crippen LogP contribution >= 0.6 is 7.82 Å². The zero-order chi connectivity index (χ0) is 11.9. The maximum Gasteiger partial charge on any atom is 0.472 e. The molecule has 15 heavy (non-hydrogen) atoms. The number of hydrogen-bond acceptors (Lipinski definition) is 5. The van der Waals surface area contributed by atoms with Crippen LogP contribution in [0.5, 0.6) is 0 Å². The number of esters is 1. The zero-order valence-electron chi connectivity index (χ0n) is 8.76. The van der Waals surface area contributed by atoms with Gasteiger partial charge in [-0.3, -0.25) is 9.05 Å². The first-order valence-corrected chi connectivity index (χ1v) is 5.83. The lowest BCUT2D eigenvalue weighted by Gasteiger charge is -2.10. The van der Waals surface area contributed by atoms with Gasteiger partial charge in [-0.05, 0) is 13.8 Å². The van der Waals surface area contributed by atoms with Crippen molar-refractivity contribution in [1.29, 1.82) is 0 Å². The fourth-order valence-electron chi connectivity index (χ4n) is 0.611. The van der Waals surface area contributed by atoms with E-state index >= 15 is 0 Å². The highest BCUT2D eigenvalue weighted by molar-refractivity contribution is 7.47. The molecule has 1 atom stereocenters. The van der Waals surface area contributed by atoms with E-state index in [2.05, 4.69) is 20.4 Å². The van der Waals surface area contributed by atoms with Gasteiger partial charge >= 0.3 is 13.8 Å². The molecule has 0 saturated heterocycles. The highest BCUT2D eigenvalue weighted by Gasteiger charge is 2.19. The predicted octanol–water partition coefficient (Wildman–Crippen LogP) is 1.26. The molecule has 0 aliphatic rings. The Balaban J connectivity index is 3.67. The molecule has 0 heterocycles. The Morgan fingerprint density at radius 3 is 2.47 bits per heavy atom. The minimum absolute atomic E-state index is 0.0688. The van der Waals surface area contributed by atoms with Crippen molar-refractivity contribution in [1.82, 2.24) is 0 Å². The molecule has 0 spiro atoms. The summed E-state index contributed by atoms with van der Waals surface area (Å²) in [6.07, 6.45) is 0. The monoisotopic (exact) mass is 238 g/mol. The molecule has 0 radical (unpaired) electrons. The third kappa shape index (κ3) is 7.27. The third-order valence-electron chi connectivity index (χ3n) is 1.21. The molecule has 88 valence electrons. The highest BCUT2D eigenvalue weighted by atomic mass is 31.2. The lowest BCUT2D eigenvalue weighted by Crippen LogP contribution is -2.10. The maximum absolute atomic E-state index is 10.9. The molecule has 0 rings (SSSR count). The van der Waals surface area contributed by atoms with Crippen LogP contribution in [0.4, 0.5) is 0 Å². The van der Waals surface area contributed by atoms with E-state index in [4.69, 9.17) is 4.89 Å². The molecular formula is C8H15O6P. The summed E-state index contributed by atoms with van der Waals surface area (Å²) in [6.45, 7) is 6.18. The smallest absolute Gasteiger partial charge is 0.460 e. The van der Waals surface area contributed by atoms with Gasteiger partial charge in [-0.25, -0.2) is 9.36 Å². The fraction of sp³-hybridized carbons (Fsp3) is 0.625. The largest absolute Gasteiger partial charge is 0.472 e. The van der Waals surface area contributed by atoms with Crippen LogP contribution in [-0.2, 0) is 23.1 Å². The topological polar surface area (TPSA) is 82.1 Å². The first-order chi connectivity index (χ1) is 6.89. The molecule has 0 aliphatic carbocycles. The number of rotatable bonds is 7. The molecule has 0 saturated carbocycles. The van der Waals surface area contributed by atoms with Crippen molar-refractivity contribution in [3.05, 3.63) is 12.2 Å². The Labute approximate surface area is 88.5 Å².